The van der Waals surface area contributed by atoms with Crippen molar-refractivity contribution in [2.75, 3.05) is 7.11 Å². The molecule has 0 aliphatic carbocycles. The van der Waals surface area contributed by atoms with Gasteiger partial charge >= 0.3 is 5.97 Å². The van der Waals surface area contributed by atoms with Gasteiger partial charge in [-0.05, 0) is 20.8 Å². The summed E-state index contributed by atoms with van der Waals surface area (Å²) >= 11 is 0. The highest BCUT2D eigenvalue weighted by Crippen LogP contribution is 2.20. The minimum absolute atomic E-state index is 0.0493. The molecule has 0 aliphatic heterocycles. The number of aliphatic hydroxyl groups excluding tert-OH is 1. The summed E-state index contributed by atoms with van der Waals surface area (Å²) in [6, 6.07) is 0. The van der Waals surface area contributed by atoms with Crippen molar-refractivity contribution in [1.82, 2.24) is 9.78 Å². The van der Waals surface area contributed by atoms with Crippen molar-refractivity contribution in [3.05, 3.63) is 18.0 Å². The van der Waals surface area contributed by atoms with E-state index < -0.39 is 12.1 Å². The number of aromatic nitrogens is 2. The smallest absolute Gasteiger partial charge is 0.308 e. The Morgan fingerprint density at radius 3 is 2.69 bits per heavy atom. The molecule has 0 saturated carbocycles. The van der Waals surface area contributed by atoms with Crippen molar-refractivity contribution in [2.45, 2.75) is 38.8 Å². The maximum Gasteiger partial charge on any atom is 0.308 e. The fourth-order valence-electron chi connectivity index (χ4n) is 1.23. The highest BCUT2D eigenvalue weighted by Gasteiger charge is 2.19. The largest absolute Gasteiger partial charge is 0.469 e. The Balaban J connectivity index is 2.74. The van der Waals surface area contributed by atoms with Crippen molar-refractivity contribution in [3.63, 3.8) is 0 Å². The van der Waals surface area contributed by atoms with Gasteiger partial charge in [0.15, 0.2) is 0 Å². The van der Waals surface area contributed by atoms with E-state index in [1.807, 2.05) is 20.8 Å². The van der Waals surface area contributed by atoms with Crippen LogP contribution in [0.15, 0.2) is 12.4 Å². The van der Waals surface area contributed by atoms with Crippen LogP contribution in [-0.2, 0) is 15.1 Å². The summed E-state index contributed by atoms with van der Waals surface area (Å²) < 4.78 is 6.24. The molecule has 0 bridgehead atoms. The Bertz CT molecular complexity index is 366. The molecule has 5 heteroatoms. The molecule has 0 unspecified atom stereocenters. The van der Waals surface area contributed by atoms with E-state index in [9.17, 15) is 9.90 Å². The van der Waals surface area contributed by atoms with Gasteiger partial charge in [-0.25, -0.2) is 0 Å². The van der Waals surface area contributed by atoms with Crippen LogP contribution in [0.3, 0.4) is 0 Å². The van der Waals surface area contributed by atoms with Crippen molar-refractivity contribution in [1.29, 1.82) is 0 Å². The number of methoxy groups -OCH3 is 1. The second-order valence-corrected chi connectivity index (χ2v) is 4.69. The zero-order valence-electron chi connectivity index (χ0n) is 10.1. The zero-order chi connectivity index (χ0) is 12.3. The molecular formula is C11H18N2O3. The van der Waals surface area contributed by atoms with Crippen molar-refractivity contribution in [3.8, 4) is 0 Å². The van der Waals surface area contributed by atoms with Gasteiger partial charge in [0.05, 0.1) is 31.4 Å². The predicted octanol–water partition coefficient (Wildman–Crippen LogP) is 1.23. The Morgan fingerprint density at radius 1 is 1.62 bits per heavy atom. The molecule has 0 fully saturated rings. The van der Waals surface area contributed by atoms with E-state index in [1.54, 1.807) is 17.1 Å². The average Bonchev–Trinajstić information content (AvgIpc) is 2.65. The molecule has 1 aromatic rings. The monoisotopic (exact) mass is 226 g/mol. The lowest BCUT2D eigenvalue weighted by Gasteiger charge is -2.18. The molecule has 0 saturated heterocycles. The van der Waals surface area contributed by atoms with Crippen molar-refractivity contribution >= 4 is 5.97 Å². The number of aliphatic hydroxyl groups is 1. The molecule has 0 radical (unpaired) electrons. The molecule has 1 heterocycles. The van der Waals surface area contributed by atoms with Gasteiger partial charge in [0.1, 0.15) is 0 Å². The Kier molecular flexibility index (Phi) is 3.70. The quantitative estimate of drug-likeness (QED) is 0.787. The molecule has 1 atom stereocenters. The van der Waals surface area contributed by atoms with Gasteiger partial charge in [-0.2, -0.15) is 5.10 Å². The summed E-state index contributed by atoms with van der Waals surface area (Å²) in [7, 11) is 1.30. The number of ether oxygens (including phenoxy) is 1. The molecule has 0 aliphatic rings. The van der Waals surface area contributed by atoms with E-state index >= 15 is 0 Å². The number of rotatable bonds is 3. The van der Waals surface area contributed by atoms with Crippen LogP contribution in [0.1, 0.15) is 38.9 Å². The van der Waals surface area contributed by atoms with Crippen LogP contribution in [-0.4, -0.2) is 28.0 Å². The maximum atomic E-state index is 11.0. The SMILES string of the molecule is COC(=O)C[C@H](O)c1cnn(C(C)(C)C)c1. The second kappa shape index (κ2) is 4.65. The van der Waals surface area contributed by atoms with Crippen molar-refractivity contribution in [2.24, 2.45) is 0 Å². The summed E-state index contributed by atoms with van der Waals surface area (Å²) in [5.74, 6) is -0.434. The third-order valence-corrected chi connectivity index (χ3v) is 2.26. The van der Waals surface area contributed by atoms with Crippen LogP contribution < -0.4 is 0 Å². The molecule has 0 aromatic carbocycles. The number of nitrogens with zero attached hydrogens (tertiary/aromatic N) is 2. The second-order valence-electron chi connectivity index (χ2n) is 4.69. The van der Waals surface area contributed by atoms with Crippen molar-refractivity contribution < 1.29 is 14.6 Å². The molecule has 90 valence electrons. The summed E-state index contributed by atoms with van der Waals surface area (Å²) in [5.41, 5.74) is 0.490. The molecular weight excluding hydrogens is 208 g/mol. The standard InChI is InChI=1S/C11H18N2O3/c1-11(2,3)13-7-8(6-12-13)9(14)5-10(15)16-4/h6-7,9,14H,5H2,1-4H3/t9-/m0/s1. The summed E-state index contributed by atoms with van der Waals surface area (Å²) in [6.07, 6.45) is 2.40. The zero-order valence-corrected chi connectivity index (χ0v) is 10.1. The lowest BCUT2D eigenvalue weighted by molar-refractivity contribution is -0.142. The van der Waals surface area contributed by atoms with Gasteiger partial charge in [0, 0.05) is 11.8 Å². The molecule has 5 nitrogen and oxygen atoms in total. The first-order valence-corrected chi connectivity index (χ1v) is 5.14. The Labute approximate surface area is 95.0 Å². The molecule has 16 heavy (non-hydrogen) atoms. The number of hydrogen-bond donors (Lipinski definition) is 1. The van der Waals surface area contributed by atoms with E-state index in [1.165, 1.54) is 7.11 Å². The summed E-state index contributed by atoms with van der Waals surface area (Å²) in [5, 5.41) is 13.9. The first-order valence-electron chi connectivity index (χ1n) is 5.14. The Morgan fingerprint density at radius 2 is 2.25 bits per heavy atom. The third-order valence-electron chi connectivity index (χ3n) is 2.26. The van der Waals surface area contributed by atoms with Crippen LogP contribution in [0.25, 0.3) is 0 Å². The van der Waals surface area contributed by atoms with E-state index in [0.29, 0.717) is 5.56 Å². The molecule has 1 rings (SSSR count). The molecule has 0 amide bonds. The first kappa shape index (κ1) is 12.7. The minimum Gasteiger partial charge on any atom is -0.469 e. The maximum absolute atomic E-state index is 11.0. The Hall–Kier alpha value is -1.36. The minimum atomic E-state index is -0.858. The van der Waals surface area contributed by atoms with Crippen LogP contribution in [0, 0.1) is 0 Å². The van der Waals surface area contributed by atoms with E-state index in [0.717, 1.165) is 0 Å². The number of hydrogen-bond acceptors (Lipinski definition) is 4. The lowest BCUT2D eigenvalue weighted by Crippen LogP contribution is -2.22. The highest BCUT2D eigenvalue weighted by atomic mass is 16.5. The van der Waals surface area contributed by atoms with Gasteiger partial charge in [-0.3, -0.25) is 9.48 Å². The van der Waals surface area contributed by atoms with Crippen LogP contribution >= 0.6 is 0 Å². The predicted molar refractivity (Wildman–Crippen MR) is 58.8 cm³/mol. The fraction of sp³-hybridized carbons (Fsp3) is 0.636. The summed E-state index contributed by atoms with van der Waals surface area (Å²) in [6.45, 7) is 6.03. The van der Waals surface area contributed by atoms with Gasteiger partial charge < -0.3 is 9.84 Å². The molecule has 1 aromatic heterocycles. The summed E-state index contributed by atoms with van der Waals surface area (Å²) in [4.78, 5) is 11.0. The van der Waals surface area contributed by atoms with Gasteiger partial charge in [0.25, 0.3) is 0 Å². The third kappa shape index (κ3) is 3.06. The fourth-order valence-corrected chi connectivity index (χ4v) is 1.23. The van der Waals surface area contributed by atoms with Gasteiger partial charge in [-0.15, -0.1) is 0 Å². The van der Waals surface area contributed by atoms with Gasteiger partial charge in [-0.1, -0.05) is 0 Å². The highest BCUT2D eigenvalue weighted by molar-refractivity contribution is 5.69. The van der Waals surface area contributed by atoms with Crippen LogP contribution in [0.2, 0.25) is 0 Å². The van der Waals surface area contributed by atoms with Crippen LogP contribution in [0.4, 0.5) is 0 Å². The number of carbonyl (C=O) groups excluding carboxylic acids is 1. The molecule has 1 N–H and O–H groups in total. The molecule has 0 spiro atoms. The number of carbonyl (C=O) groups is 1. The lowest BCUT2D eigenvalue weighted by atomic mass is 10.1. The van der Waals surface area contributed by atoms with Crippen LogP contribution in [0.5, 0.6) is 0 Å². The van der Waals surface area contributed by atoms with E-state index in [-0.39, 0.29) is 12.0 Å². The first-order chi connectivity index (χ1) is 7.34. The average molecular weight is 226 g/mol. The van der Waals surface area contributed by atoms with E-state index in [2.05, 4.69) is 9.84 Å². The van der Waals surface area contributed by atoms with E-state index in [4.69, 9.17) is 0 Å². The topological polar surface area (TPSA) is 64.3 Å². The van der Waals surface area contributed by atoms with Gasteiger partial charge in [0.2, 0.25) is 0 Å². The number of esters is 1. The normalized spacial score (nSPS) is 13.6.